The van der Waals surface area contributed by atoms with Crippen LogP contribution < -0.4 is 5.32 Å². The summed E-state index contributed by atoms with van der Waals surface area (Å²) in [4.78, 5) is 12.2. The summed E-state index contributed by atoms with van der Waals surface area (Å²) in [5, 5.41) is 7.18. The van der Waals surface area contributed by atoms with Crippen molar-refractivity contribution in [3.63, 3.8) is 0 Å². The molecule has 0 spiro atoms. The highest BCUT2D eigenvalue weighted by Crippen LogP contribution is 2.35. The molecule has 1 amide bonds. The summed E-state index contributed by atoms with van der Waals surface area (Å²) in [5.41, 5.74) is 4.06. The van der Waals surface area contributed by atoms with Gasteiger partial charge >= 0.3 is 0 Å². The summed E-state index contributed by atoms with van der Waals surface area (Å²) in [5.74, 6) is 0.0227. The Hall–Kier alpha value is -1.33. The molecule has 0 radical (unpaired) electrons. The maximum absolute atomic E-state index is 12.2. The van der Waals surface area contributed by atoms with Gasteiger partial charge in [0.15, 0.2) is 0 Å². The minimum Gasteiger partial charge on any atom is -0.349 e. The van der Waals surface area contributed by atoms with Gasteiger partial charge < -0.3 is 9.84 Å². The van der Waals surface area contributed by atoms with Gasteiger partial charge in [0, 0.05) is 16.5 Å². The van der Waals surface area contributed by atoms with Crippen LogP contribution in [0.3, 0.4) is 0 Å². The molecule has 1 aromatic heterocycles. The standard InChI is InChI=1S/C16H16BrClN2O2/c1-9-10(16(18)22-20-9)6-8-15(21)19-14-7-5-11-12(14)3-2-4-13(11)17/h2-4,14H,5-8H2,1H3,(H,19,21). The van der Waals surface area contributed by atoms with Gasteiger partial charge in [-0.1, -0.05) is 33.2 Å². The average Bonchev–Trinajstić information content (AvgIpc) is 3.03. The van der Waals surface area contributed by atoms with Crippen molar-refractivity contribution >= 4 is 33.4 Å². The highest BCUT2D eigenvalue weighted by Gasteiger charge is 2.25. The predicted molar refractivity (Wildman–Crippen MR) is 87.9 cm³/mol. The Morgan fingerprint density at radius 1 is 1.55 bits per heavy atom. The third-order valence-electron chi connectivity index (χ3n) is 4.09. The fourth-order valence-corrected chi connectivity index (χ4v) is 3.75. The smallest absolute Gasteiger partial charge is 0.229 e. The largest absolute Gasteiger partial charge is 0.349 e. The van der Waals surface area contributed by atoms with Gasteiger partial charge in [-0.15, -0.1) is 0 Å². The first-order valence-corrected chi connectivity index (χ1v) is 8.40. The van der Waals surface area contributed by atoms with Gasteiger partial charge in [0.25, 0.3) is 0 Å². The predicted octanol–water partition coefficient (Wildman–Crippen LogP) is 4.14. The van der Waals surface area contributed by atoms with Crippen molar-refractivity contribution in [2.75, 3.05) is 0 Å². The molecule has 0 fully saturated rings. The highest BCUT2D eigenvalue weighted by molar-refractivity contribution is 9.10. The summed E-state index contributed by atoms with van der Waals surface area (Å²) >= 11 is 9.49. The summed E-state index contributed by atoms with van der Waals surface area (Å²) in [6, 6.07) is 6.23. The van der Waals surface area contributed by atoms with Crippen LogP contribution in [0.25, 0.3) is 0 Å². The number of carbonyl (C=O) groups excluding carboxylic acids is 1. The number of fused-ring (bicyclic) bond motifs is 1. The van der Waals surface area contributed by atoms with Crippen LogP contribution in [-0.4, -0.2) is 11.1 Å². The molecule has 1 aromatic carbocycles. The fraction of sp³-hybridized carbons (Fsp3) is 0.375. The van der Waals surface area contributed by atoms with Crippen molar-refractivity contribution in [3.05, 3.63) is 50.3 Å². The lowest BCUT2D eigenvalue weighted by Crippen LogP contribution is -2.27. The number of hydrogen-bond acceptors (Lipinski definition) is 3. The van der Waals surface area contributed by atoms with E-state index in [2.05, 4.69) is 32.5 Å². The van der Waals surface area contributed by atoms with Crippen LogP contribution in [0, 0.1) is 6.92 Å². The normalized spacial score (nSPS) is 16.6. The number of nitrogens with zero attached hydrogens (tertiary/aromatic N) is 1. The van der Waals surface area contributed by atoms with E-state index >= 15 is 0 Å². The van der Waals surface area contributed by atoms with E-state index in [9.17, 15) is 4.79 Å². The Morgan fingerprint density at radius 3 is 3.09 bits per heavy atom. The number of rotatable bonds is 4. The number of hydrogen-bond donors (Lipinski definition) is 1. The zero-order valence-electron chi connectivity index (χ0n) is 12.2. The molecule has 0 saturated carbocycles. The van der Waals surface area contributed by atoms with Crippen LogP contribution in [-0.2, 0) is 17.6 Å². The molecule has 1 aliphatic carbocycles. The molecule has 4 nitrogen and oxygen atoms in total. The van der Waals surface area contributed by atoms with E-state index in [1.165, 1.54) is 11.1 Å². The average molecular weight is 384 g/mol. The summed E-state index contributed by atoms with van der Waals surface area (Å²) in [7, 11) is 0. The lowest BCUT2D eigenvalue weighted by Gasteiger charge is -2.14. The van der Waals surface area contributed by atoms with Crippen molar-refractivity contribution in [2.45, 2.75) is 38.6 Å². The van der Waals surface area contributed by atoms with E-state index in [-0.39, 0.29) is 17.2 Å². The van der Waals surface area contributed by atoms with E-state index in [4.69, 9.17) is 16.1 Å². The fourth-order valence-electron chi connectivity index (χ4n) is 2.90. The van der Waals surface area contributed by atoms with Gasteiger partial charge in [0.1, 0.15) is 0 Å². The van der Waals surface area contributed by atoms with Gasteiger partial charge in [-0.05, 0) is 55.0 Å². The molecule has 1 aliphatic rings. The van der Waals surface area contributed by atoms with E-state index < -0.39 is 0 Å². The number of halogens is 2. The lowest BCUT2D eigenvalue weighted by atomic mass is 10.1. The first-order valence-electron chi connectivity index (χ1n) is 7.23. The molecular formula is C16H16BrClN2O2. The Kier molecular flexibility index (Phi) is 4.54. The first-order chi connectivity index (χ1) is 10.6. The number of carbonyl (C=O) groups is 1. The molecule has 1 unspecified atom stereocenters. The van der Waals surface area contributed by atoms with Crippen LogP contribution in [0.15, 0.2) is 27.2 Å². The molecular weight excluding hydrogens is 368 g/mol. The Bertz CT molecular complexity index is 695. The van der Waals surface area contributed by atoms with Crippen LogP contribution in [0.1, 0.15) is 41.3 Å². The SMILES string of the molecule is Cc1noc(Cl)c1CCC(=O)NC1CCc2c(Br)cccc21. The molecule has 2 aromatic rings. The maximum atomic E-state index is 12.2. The Morgan fingerprint density at radius 2 is 2.36 bits per heavy atom. The molecule has 0 saturated heterocycles. The third-order valence-corrected chi connectivity index (χ3v) is 5.13. The van der Waals surface area contributed by atoms with Crippen molar-refractivity contribution < 1.29 is 9.32 Å². The summed E-state index contributed by atoms with van der Waals surface area (Å²) in [6.07, 6.45) is 2.84. The van der Waals surface area contributed by atoms with Crippen molar-refractivity contribution in [2.24, 2.45) is 0 Å². The molecule has 1 heterocycles. The van der Waals surface area contributed by atoms with Crippen molar-refractivity contribution in [3.8, 4) is 0 Å². The summed E-state index contributed by atoms with van der Waals surface area (Å²) in [6.45, 7) is 1.83. The quantitative estimate of drug-likeness (QED) is 0.863. The highest BCUT2D eigenvalue weighted by atomic mass is 79.9. The molecule has 1 atom stereocenters. The van der Waals surface area contributed by atoms with Gasteiger partial charge in [-0.2, -0.15) is 0 Å². The van der Waals surface area contributed by atoms with Crippen molar-refractivity contribution in [1.29, 1.82) is 0 Å². The maximum Gasteiger partial charge on any atom is 0.229 e. The number of nitrogens with one attached hydrogen (secondary N) is 1. The van der Waals surface area contributed by atoms with Crippen LogP contribution in [0.2, 0.25) is 5.22 Å². The van der Waals surface area contributed by atoms with Gasteiger partial charge in [-0.25, -0.2) is 0 Å². The molecule has 116 valence electrons. The zero-order chi connectivity index (χ0) is 15.7. The molecule has 6 heteroatoms. The molecule has 22 heavy (non-hydrogen) atoms. The molecule has 3 rings (SSSR count). The number of aromatic nitrogens is 1. The molecule has 1 N–H and O–H groups in total. The minimum absolute atomic E-state index is 0.0227. The topological polar surface area (TPSA) is 55.1 Å². The Balaban J connectivity index is 1.61. The van der Waals surface area contributed by atoms with Crippen LogP contribution in [0.5, 0.6) is 0 Å². The third kappa shape index (κ3) is 3.06. The molecule has 0 bridgehead atoms. The number of benzene rings is 1. The van der Waals surface area contributed by atoms with E-state index in [0.29, 0.717) is 12.8 Å². The molecule has 0 aliphatic heterocycles. The van der Waals surface area contributed by atoms with E-state index in [1.807, 2.05) is 19.1 Å². The zero-order valence-corrected chi connectivity index (χ0v) is 14.5. The second kappa shape index (κ2) is 6.42. The lowest BCUT2D eigenvalue weighted by molar-refractivity contribution is -0.121. The van der Waals surface area contributed by atoms with Gasteiger partial charge in [-0.3, -0.25) is 4.79 Å². The minimum atomic E-state index is 0.0227. The van der Waals surface area contributed by atoms with Gasteiger partial charge in [0.2, 0.25) is 11.1 Å². The second-order valence-corrected chi connectivity index (χ2v) is 6.68. The monoisotopic (exact) mass is 382 g/mol. The second-order valence-electron chi connectivity index (χ2n) is 5.49. The summed E-state index contributed by atoms with van der Waals surface area (Å²) < 4.78 is 6.02. The van der Waals surface area contributed by atoms with Gasteiger partial charge in [0.05, 0.1) is 11.7 Å². The number of amides is 1. The first kappa shape index (κ1) is 15.6. The number of aryl methyl sites for hydroxylation is 1. The van der Waals surface area contributed by atoms with Crippen LogP contribution in [0.4, 0.5) is 0 Å². The van der Waals surface area contributed by atoms with Crippen LogP contribution >= 0.6 is 27.5 Å². The van der Waals surface area contributed by atoms with E-state index in [0.717, 1.165) is 28.6 Å². The van der Waals surface area contributed by atoms with Crippen molar-refractivity contribution in [1.82, 2.24) is 10.5 Å². The Labute approximate surface area is 142 Å². The van der Waals surface area contributed by atoms with E-state index in [1.54, 1.807) is 0 Å².